The molecule has 0 atom stereocenters. The lowest BCUT2D eigenvalue weighted by molar-refractivity contribution is 0.581. The third-order valence-corrected chi connectivity index (χ3v) is 3.62. The monoisotopic (exact) mass is 210 g/mol. The van der Waals surface area contributed by atoms with Gasteiger partial charge in [0.1, 0.15) is 5.01 Å². The molecule has 2 heterocycles. The van der Waals surface area contributed by atoms with Gasteiger partial charge in [0.2, 0.25) is 5.95 Å². The summed E-state index contributed by atoms with van der Waals surface area (Å²) < 4.78 is 4.43. The normalized spacial score (nSPS) is 22.7. The zero-order chi connectivity index (χ0) is 9.38. The first-order chi connectivity index (χ1) is 6.93. The number of piperazine rings is 1. The quantitative estimate of drug-likeness (QED) is 0.785. The molecule has 2 aliphatic rings. The molecule has 1 saturated carbocycles. The van der Waals surface area contributed by atoms with Crippen LogP contribution in [0.5, 0.6) is 0 Å². The van der Waals surface area contributed by atoms with E-state index < -0.39 is 0 Å². The average Bonchev–Trinajstić information content (AvgIpc) is 2.98. The molecule has 2 fully saturated rings. The van der Waals surface area contributed by atoms with E-state index in [-0.39, 0.29) is 0 Å². The molecule has 1 N–H and O–H groups in total. The lowest BCUT2D eigenvalue weighted by Crippen LogP contribution is -2.44. The summed E-state index contributed by atoms with van der Waals surface area (Å²) in [6, 6.07) is 0. The van der Waals surface area contributed by atoms with E-state index in [0.29, 0.717) is 0 Å². The lowest BCUT2D eigenvalue weighted by atomic mass is 10.4. The van der Waals surface area contributed by atoms with Gasteiger partial charge in [0.05, 0.1) is 0 Å². The molecule has 1 aromatic heterocycles. The molecule has 0 amide bonds. The Morgan fingerprint density at radius 3 is 2.79 bits per heavy atom. The van der Waals surface area contributed by atoms with Crippen LogP contribution in [0.2, 0.25) is 0 Å². The highest BCUT2D eigenvalue weighted by atomic mass is 32.1. The van der Waals surface area contributed by atoms with Crippen molar-refractivity contribution in [3.8, 4) is 0 Å². The fourth-order valence-corrected chi connectivity index (χ4v) is 2.56. The highest BCUT2D eigenvalue weighted by Gasteiger charge is 2.28. The van der Waals surface area contributed by atoms with E-state index >= 15 is 0 Å². The standard InChI is InChI=1S/C9H14N4S/c1-2-7(1)8-11-9(12-14-8)13-5-3-10-4-6-13/h7,10H,1-6H2. The van der Waals surface area contributed by atoms with Crippen LogP contribution >= 0.6 is 11.5 Å². The van der Waals surface area contributed by atoms with Gasteiger partial charge in [-0.25, -0.2) is 4.98 Å². The van der Waals surface area contributed by atoms with Gasteiger partial charge in [0, 0.05) is 32.1 Å². The van der Waals surface area contributed by atoms with Crippen molar-refractivity contribution in [3.05, 3.63) is 5.01 Å². The second-order valence-corrected chi connectivity index (χ2v) is 4.73. The zero-order valence-electron chi connectivity index (χ0n) is 8.07. The van der Waals surface area contributed by atoms with Gasteiger partial charge in [-0.1, -0.05) is 0 Å². The maximum Gasteiger partial charge on any atom is 0.237 e. The van der Waals surface area contributed by atoms with Crippen molar-refractivity contribution < 1.29 is 0 Å². The first-order valence-corrected chi connectivity index (χ1v) is 6.00. The number of anilines is 1. The number of rotatable bonds is 2. The van der Waals surface area contributed by atoms with Gasteiger partial charge in [0.25, 0.3) is 0 Å². The summed E-state index contributed by atoms with van der Waals surface area (Å²) in [6.45, 7) is 4.19. The van der Waals surface area contributed by atoms with Crippen LogP contribution in [0.15, 0.2) is 0 Å². The highest BCUT2D eigenvalue weighted by Crippen LogP contribution is 2.41. The molecule has 0 aromatic carbocycles. The number of hydrogen-bond acceptors (Lipinski definition) is 5. The van der Waals surface area contributed by atoms with Crippen molar-refractivity contribution in [2.24, 2.45) is 0 Å². The van der Waals surface area contributed by atoms with Gasteiger partial charge in [-0.15, -0.1) is 0 Å². The van der Waals surface area contributed by atoms with Gasteiger partial charge < -0.3 is 10.2 Å². The van der Waals surface area contributed by atoms with E-state index in [1.807, 2.05) is 0 Å². The maximum atomic E-state index is 4.60. The van der Waals surface area contributed by atoms with Crippen LogP contribution in [0, 0.1) is 0 Å². The molecule has 0 spiro atoms. The zero-order valence-corrected chi connectivity index (χ0v) is 8.89. The Hall–Kier alpha value is -0.680. The van der Waals surface area contributed by atoms with Crippen LogP contribution in [0.4, 0.5) is 5.95 Å². The SMILES string of the molecule is C1CN(c2nsc(C3CC3)n2)CCN1. The number of aromatic nitrogens is 2. The fraction of sp³-hybridized carbons (Fsp3) is 0.778. The van der Waals surface area contributed by atoms with E-state index in [1.54, 1.807) is 11.5 Å². The predicted molar refractivity (Wildman–Crippen MR) is 57.0 cm³/mol. The Balaban J connectivity index is 1.74. The summed E-state index contributed by atoms with van der Waals surface area (Å²) in [5.41, 5.74) is 0. The Labute approximate surface area is 87.5 Å². The summed E-state index contributed by atoms with van der Waals surface area (Å²) in [7, 11) is 0. The van der Waals surface area contributed by atoms with Crippen molar-refractivity contribution in [2.45, 2.75) is 18.8 Å². The molecule has 0 bridgehead atoms. The van der Waals surface area contributed by atoms with Crippen molar-refractivity contribution in [3.63, 3.8) is 0 Å². The lowest BCUT2D eigenvalue weighted by Gasteiger charge is -2.25. The van der Waals surface area contributed by atoms with Crippen LogP contribution in [0.3, 0.4) is 0 Å². The minimum Gasteiger partial charge on any atom is -0.338 e. The van der Waals surface area contributed by atoms with Gasteiger partial charge in [-0.05, 0) is 24.4 Å². The van der Waals surface area contributed by atoms with E-state index in [0.717, 1.165) is 38.0 Å². The second kappa shape index (κ2) is 3.47. The van der Waals surface area contributed by atoms with E-state index in [4.69, 9.17) is 0 Å². The molecule has 1 saturated heterocycles. The predicted octanol–water partition coefficient (Wildman–Crippen LogP) is 0.825. The number of nitrogens with zero attached hydrogens (tertiary/aromatic N) is 3. The van der Waals surface area contributed by atoms with Crippen molar-refractivity contribution >= 4 is 17.5 Å². The second-order valence-electron chi connectivity index (χ2n) is 3.94. The molecule has 14 heavy (non-hydrogen) atoms. The Bertz CT molecular complexity index is 314. The Morgan fingerprint density at radius 1 is 1.29 bits per heavy atom. The summed E-state index contributed by atoms with van der Waals surface area (Å²) in [5, 5.41) is 4.58. The fourth-order valence-electron chi connectivity index (χ4n) is 1.72. The minimum atomic E-state index is 0.740. The number of hydrogen-bond donors (Lipinski definition) is 1. The van der Waals surface area contributed by atoms with Gasteiger partial charge in [0.15, 0.2) is 0 Å². The van der Waals surface area contributed by atoms with Crippen LogP contribution in [0.25, 0.3) is 0 Å². The topological polar surface area (TPSA) is 41.1 Å². The highest BCUT2D eigenvalue weighted by molar-refractivity contribution is 7.05. The van der Waals surface area contributed by atoms with Gasteiger partial charge in [-0.3, -0.25) is 0 Å². The Kier molecular flexibility index (Phi) is 2.14. The molecule has 1 aliphatic carbocycles. The third kappa shape index (κ3) is 1.62. The molecular formula is C9H14N4S. The van der Waals surface area contributed by atoms with Crippen LogP contribution < -0.4 is 10.2 Å². The van der Waals surface area contributed by atoms with Gasteiger partial charge >= 0.3 is 0 Å². The minimum absolute atomic E-state index is 0.740. The first-order valence-electron chi connectivity index (χ1n) is 5.23. The first kappa shape index (κ1) is 8.61. The van der Waals surface area contributed by atoms with Crippen LogP contribution in [-0.2, 0) is 0 Å². The molecule has 76 valence electrons. The number of nitrogens with one attached hydrogen (secondary N) is 1. The maximum absolute atomic E-state index is 4.60. The molecule has 4 nitrogen and oxygen atoms in total. The molecule has 0 unspecified atom stereocenters. The summed E-state index contributed by atoms with van der Waals surface area (Å²) in [5.74, 6) is 1.70. The summed E-state index contributed by atoms with van der Waals surface area (Å²) >= 11 is 1.59. The summed E-state index contributed by atoms with van der Waals surface area (Å²) in [4.78, 5) is 6.88. The van der Waals surface area contributed by atoms with Crippen molar-refractivity contribution in [1.82, 2.24) is 14.7 Å². The van der Waals surface area contributed by atoms with Crippen LogP contribution in [-0.4, -0.2) is 35.5 Å². The Morgan fingerprint density at radius 2 is 2.07 bits per heavy atom. The van der Waals surface area contributed by atoms with Gasteiger partial charge in [-0.2, -0.15) is 4.37 Å². The van der Waals surface area contributed by atoms with E-state index in [2.05, 4.69) is 19.6 Å². The average molecular weight is 210 g/mol. The van der Waals surface area contributed by atoms with Crippen LogP contribution in [0.1, 0.15) is 23.8 Å². The smallest absolute Gasteiger partial charge is 0.237 e. The molecule has 1 aromatic rings. The molecule has 1 aliphatic heterocycles. The molecule has 0 radical (unpaired) electrons. The third-order valence-electron chi connectivity index (χ3n) is 2.76. The van der Waals surface area contributed by atoms with E-state index in [9.17, 15) is 0 Å². The molecule has 3 rings (SSSR count). The van der Waals surface area contributed by atoms with Crippen molar-refractivity contribution in [2.75, 3.05) is 31.1 Å². The van der Waals surface area contributed by atoms with Crippen molar-refractivity contribution in [1.29, 1.82) is 0 Å². The summed E-state index contributed by atoms with van der Waals surface area (Å²) in [6.07, 6.45) is 2.63. The largest absolute Gasteiger partial charge is 0.338 e. The molecule has 5 heteroatoms. The molecular weight excluding hydrogens is 196 g/mol. The van der Waals surface area contributed by atoms with E-state index in [1.165, 1.54) is 17.8 Å².